The summed E-state index contributed by atoms with van der Waals surface area (Å²) in [5.41, 5.74) is 6.92. The Kier molecular flexibility index (Phi) is 8.09. The number of fused-ring (bicyclic) bond motifs is 1. The number of primary amides is 1. The van der Waals surface area contributed by atoms with Crippen molar-refractivity contribution >= 4 is 27.9 Å². The summed E-state index contributed by atoms with van der Waals surface area (Å²) in [4.78, 5) is 16.8. The van der Waals surface area contributed by atoms with Gasteiger partial charge in [-0.25, -0.2) is 0 Å². The van der Waals surface area contributed by atoms with Crippen LogP contribution >= 0.6 is 11.3 Å². The van der Waals surface area contributed by atoms with E-state index in [1.165, 1.54) is 25.1 Å². The first-order valence-electron chi connectivity index (χ1n) is 13.3. The number of alkyl halides is 3. The largest absolute Gasteiger partial charge is 0.490 e. The first-order chi connectivity index (χ1) is 19.1. The molecule has 0 saturated carbocycles. The number of aryl methyl sites for hydroxylation is 1. The number of carbonyl (C=O) groups excluding carboxylic acids is 1. The average Bonchev–Trinajstić information content (AvgIpc) is 3.22. The predicted octanol–water partition coefficient (Wildman–Crippen LogP) is 7.08. The lowest BCUT2D eigenvalue weighted by atomic mass is 10.0. The van der Waals surface area contributed by atoms with Crippen LogP contribution in [-0.2, 0) is 12.6 Å². The highest BCUT2D eigenvalue weighted by Gasteiger charge is 2.35. The van der Waals surface area contributed by atoms with Crippen LogP contribution in [0.2, 0.25) is 0 Å². The standard InChI is InChI=1S/C30H32F3N3O3S/c1-19(23-8-3-4-9-24(23)30(31,32)33)38-26-18-27(40-28(26)29(34)37)36-14-6-5-7-20-10-11-22(17-25(20)36)39-21-12-15-35(2)16-13-21/h3-4,6,8-11,14,17-19,21H,5,7,12-13,15-16H2,1-2H3,(H2,34,37)/t19-/m1/s1. The summed E-state index contributed by atoms with van der Waals surface area (Å²) >= 11 is 1.14. The van der Waals surface area contributed by atoms with E-state index >= 15 is 0 Å². The van der Waals surface area contributed by atoms with Gasteiger partial charge in [0.1, 0.15) is 33.6 Å². The number of allylic oxidation sites excluding steroid dienone is 1. The number of piperidine rings is 1. The number of ether oxygens (including phenoxy) is 2. The van der Waals surface area contributed by atoms with Gasteiger partial charge >= 0.3 is 6.18 Å². The molecule has 1 amide bonds. The number of nitrogens with zero attached hydrogens (tertiary/aromatic N) is 2. The number of hydrogen-bond acceptors (Lipinski definition) is 6. The van der Waals surface area contributed by atoms with Crippen molar-refractivity contribution < 1.29 is 27.4 Å². The van der Waals surface area contributed by atoms with Gasteiger partial charge in [0.15, 0.2) is 0 Å². The van der Waals surface area contributed by atoms with Gasteiger partial charge in [0.2, 0.25) is 0 Å². The van der Waals surface area contributed by atoms with Crippen molar-refractivity contribution in [3.8, 4) is 11.5 Å². The highest BCUT2D eigenvalue weighted by Crippen LogP contribution is 2.44. The molecule has 10 heteroatoms. The smallest absolute Gasteiger partial charge is 0.416 e. The van der Waals surface area contributed by atoms with E-state index in [1.54, 1.807) is 6.07 Å². The zero-order valence-corrected chi connectivity index (χ0v) is 23.2. The molecule has 2 aliphatic rings. The average molecular weight is 572 g/mol. The number of anilines is 2. The third-order valence-electron chi connectivity index (χ3n) is 7.27. The molecule has 1 atom stereocenters. The molecule has 2 aromatic carbocycles. The zero-order valence-electron chi connectivity index (χ0n) is 22.4. The number of rotatable bonds is 7. The minimum absolute atomic E-state index is 0.0196. The molecule has 212 valence electrons. The molecule has 6 nitrogen and oxygen atoms in total. The van der Waals surface area contributed by atoms with Crippen LogP contribution in [0.3, 0.4) is 0 Å². The van der Waals surface area contributed by atoms with Gasteiger partial charge in [0.05, 0.1) is 11.3 Å². The molecule has 2 N–H and O–H groups in total. The van der Waals surface area contributed by atoms with Crippen molar-refractivity contribution in [3.05, 3.63) is 82.4 Å². The number of thiophene rings is 1. The molecule has 1 aromatic heterocycles. The Balaban J connectivity index is 1.45. The summed E-state index contributed by atoms with van der Waals surface area (Å²) in [5.74, 6) is 0.213. The van der Waals surface area contributed by atoms with Crippen molar-refractivity contribution in [2.45, 2.75) is 51.0 Å². The van der Waals surface area contributed by atoms with E-state index in [0.29, 0.717) is 5.00 Å². The van der Waals surface area contributed by atoms with Crippen LogP contribution in [0.25, 0.3) is 0 Å². The maximum atomic E-state index is 13.6. The van der Waals surface area contributed by atoms with Gasteiger partial charge in [-0.3, -0.25) is 4.79 Å². The molecule has 40 heavy (non-hydrogen) atoms. The number of hydrogen-bond donors (Lipinski definition) is 1. The number of carbonyl (C=O) groups is 1. The molecule has 3 aromatic rings. The van der Waals surface area contributed by atoms with Crippen LogP contribution in [-0.4, -0.2) is 37.0 Å². The summed E-state index contributed by atoms with van der Waals surface area (Å²) in [7, 11) is 2.11. The molecular weight excluding hydrogens is 539 g/mol. The molecule has 1 saturated heterocycles. The van der Waals surface area contributed by atoms with Crippen molar-refractivity contribution in [1.29, 1.82) is 0 Å². The van der Waals surface area contributed by atoms with Crippen LogP contribution in [0, 0.1) is 0 Å². The fourth-order valence-electron chi connectivity index (χ4n) is 5.14. The Morgan fingerprint density at radius 2 is 1.88 bits per heavy atom. The Bertz CT molecular complexity index is 1400. The maximum absolute atomic E-state index is 13.6. The van der Waals surface area contributed by atoms with Crippen molar-refractivity contribution in [3.63, 3.8) is 0 Å². The Morgan fingerprint density at radius 3 is 2.60 bits per heavy atom. The van der Waals surface area contributed by atoms with E-state index < -0.39 is 23.8 Å². The monoisotopic (exact) mass is 571 g/mol. The highest BCUT2D eigenvalue weighted by atomic mass is 32.1. The lowest BCUT2D eigenvalue weighted by Gasteiger charge is -2.30. The maximum Gasteiger partial charge on any atom is 0.416 e. The number of benzene rings is 2. The second kappa shape index (κ2) is 11.5. The molecule has 5 rings (SSSR count). The van der Waals surface area contributed by atoms with E-state index in [0.717, 1.165) is 73.2 Å². The molecule has 0 spiro atoms. The number of halogens is 3. The van der Waals surface area contributed by atoms with E-state index in [4.69, 9.17) is 15.2 Å². The van der Waals surface area contributed by atoms with Crippen molar-refractivity contribution in [2.75, 3.05) is 25.0 Å². The Hall–Kier alpha value is -3.50. The molecule has 1 fully saturated rings. The normalized spacial score (nSPS) is 17.3. The first-order valence-corrected chi connectivity index (χ1v) is 14.1. The summed E-state index contributed by atoms with van der Waals surface area (Å²) < 4.78 is 53.2. The molecule has 0 bridgehead atoms. The third-order valence-corrected chi connectivity index (χ3v) is 8.40. The molecule has 3 heterocycles. The third kappa shape index (κ3) is 6.13. The lowest BCUT2D eigenvalue weighted by Crippen LogP contribution is -2.35. The summed E-state index contributed by atoms with van der Waals surface area (Å²) in [6, 6.07) is 13.0. The molecule has 0 aliphatic carbocycles. The van der Waals surface area contributed by atoms with Crippen molar-refractivity contribution in [2.24, 2.45) is 5.73 Å². The minimum Gasteiger partial charge on any atom is -0.490 e. The fraction of sp³-hybridized carbons (Fsp3) is 0.367. The van der Waals surface area contributed by atoms with Crippen molar-refractivity contribution in [1.82, 2.24) is 4.90 Å². The summed E-state index contributed by atoms with van der Waals surface area (Å²) in [6.07, 6.45) is 2.21. The number of amides is 1. The Labute approximate surface area is 235 Å². The van der Waals surface area contributed by atoms with Crippen LogP contribution in [0.4, 0.5) is 23.9 Å². The molecule has 0 unspecified atom stereocenters. The summed E-state index contributed by atoms with van der Waals surface area (Å²) in [6.45, 7) is 3.51. The van der Waals surface area contributed by atoms with Gasteiger partial charge in [-0.2, -0.15) is 13.2 Å². The molecular formula is C30H32F3N3O3S. The summed E-state index contributed by atoms with van der Waals surface area (Å²) in [5, 5.41) is 0.663. The van der Waals surface area contributed by atoms with E-state index in [2.05, 4.69) is 18.0 Å². The van der Waals surface area contributed by atoms with E-state index in [1.807, 2.05) is 29.3 Å². The van der Waals surface area contributed by atoms with Crippen LogP contribution in [0.1, 0.15) is 58.7 Å². The quantitative estimate of drug-likeness (QED) is 0.328. The van der Waals surface area contributed by atoms with Crippen LogP contribution in [0.15, 0.2) is 60.8 Å². The first kappa shape index (κ1) is 28.0. The van der Waals surface area contributed by atoms with Gasteiger partial charge < -0.3 is 25.0 Å². The van der Waals surface area contributed by atoms with Gasteiger partial charge in [-0.05, 0) is 57.4 Å². The van der Waals surface area contributed by atoms with Crippen LogP contribution in [0.5, 0.6) is 11.5 Å². The zero-order chi connectivity index (χ0) is 28.4. The Morgan fingerprint density at radius 1 is 1.12 bits per heavy atom. The van der Waals surface area contributed by atoms with Gasteiger partial charge in [0.25, 0.3) is 5.91 Å². The lowest BCUT2D eigenvalue weighted by molar-refractivity contribution is -0.139. The predicted molar refractivity (Wildman–Crippen MR) is 151 cm³/mol. The molecule has 0 radical (unpaired) electrons. The second-order valence-electron chi connectivity index (χ2n) is 10.2. The highest BCUT2D eigenvalue weighted by molar-refractivity contribution is 7.18. The molecule has 2 aliphatic heterocycles. The SMILES string of the molecule is C[C@@H](Oc1cc(N2C=CCCc3ccc(OC4CCN(C)CC4)cc32)sc1C(N)=O)c1ccccc1C(F)(F)F. The van der Waals surface area contributed by atoms with E-state index in [9.17, 15) is 18.0 Å². The topological polar surface area (TPSA) is 68.0 Å². The second-order valence-corrected chi connectivity index (χ2v) is 11.2. The van der Waals surface area contributed by atoms with Gasteiger partial charge in [-0.15, -0.1) is 11.3 Å². The van der Waals surface area contributed by atoms with Crippen LogP contribution < -0.4 is 20.1 Å². The van der Waals surface area contributed by atoms with Gasteiger partial charge in [0, 0.05) is 37.0 Å². The van der Waals surface area contributed by atoms with Gasteiger partial charge in [-0.1, -0.05) is 30.3 Å². The minimum atomic E-state index is -4.53. The number of nitrogens with two attached hydrogens (primary N) is 1. The van der Waals surface area contributed by atoms with E-state index in [-0.39, 0.29) is 22.3 Å². The fourth-order valence-corrected chi connectivity index (χ4v) is 6.08. The number of likely N-dealkylation sites (tertiary alicyclic amines) is 1.